The number of nitrogens with one attached hydrogen (secondary N) is 2. The van der Waals surface area contributed by atoms with Crippen molar-refractivity contribution in [3.8, 4) is 0 Å². The molecule has 0 saturated heterocycles. The molecule has 0 atom stereocenters. The number of anilines is 1. The van der Waals surface area contributed by atoms with Crippen LogP contribution in [-0.4, -0.2) is 44.5 Å². The summed E-state index contributed by atoms with van der Waals surface area (Å²) < 4.78 is 16.7. The molecule has 0 aliphatic rings. The maximum absolute atomic E-state index is 12.0. The number of nitrogens with zero attached hydrogens (tertiary/aromatic N) is 2. The van der Waals surface area contributed by atoms with Gasteiger partial charge >= 0.3 is 18.7 Å². The van der Waals surface area contributed by atoms with Crippen molar-refractivity contribution in [3.05, 3.63) is 43.0 Å². The molecule has 0 spiro atoms. The fourth-order valence-electron chi connectivity index (χ4n) is 2.21. The Morgan fingerprint density at radius 2 is 2.08 bits per heavy atom. The van der Waals surface area contributed by atoms with E-state index in [2.05, 4.69) is 10.3 Å². The van der Waals surface area contributed by atoms with Gasteiger partial charge in [0.25, 0.3) is 5.69 Å². The van der Waals surface area contributed by atoms with Crippen LogP contribution in [0.3, 0.4) is 0 Å². The summed E-state index contributed by atoms with van der Waals surface area (Å²) in [7, 11) is -3.23. The Labute approximate surface area is 139 Å². The number of fused-ring (bicyclic) bond motifs is 1. The summed E-state index contributed by atoms with van der Waals surface area (Å²) in [6.07, 6.45) is -1.03. The average Bonchev–Trinajstić information content (AvgIpc) is 2.50. The van der Waals surface area contributed by atoms with E-state index < -0.39 is 29.9 Å². The number of nitro groups is 1. The Morgan fingerprint density at radius 3 is 2.64 bits per heavy atom. The largest absolute Gasteiger partial charge is 0.383 e. The van der Waals surface area contributed by atoms with E-state index in [9.17, 15) is 24.3 Å². The van der Waals surface area contributed by atoms with Crippen LogP contribution in [-0.2, 0) is 15.6 Å². The Kier molecular flexibility index (Phi) is 5.38. The molecule has 0 saturated carbocycles. The molecule has 136 valence electrons. The van der Waals surface area contributed by atoms with Crippen LogP contribution in [0.2, 0.25) is 0 Å². The number of aromatic amines is 1. The van der Waals surface area contributed by atoms with Gasteiger partial charge in [-0.05, 0) is 6.07 Å². The lowest BCUT2D eigenvalue weighted by molar-refractivity contribution is -0.383. The standard InChI is InChI=1S/C12H15N4O8P/c1-24-3-2-13-7-4-9-8(5-10(7)16(19)20)14-11(17)12(18)15(9)6-25(21,22)23/h4-5,13H,2-3,6H2,1H3,(H,14,17)(H2,21,22,23). The van der Waals surface area contributed by atoms with Crippen LogP contribution in [0.15, 0.2) is 21.7 Å². The first-order chi connectivity index (χ1) is 11.6. The number of aromatic nitrogens is 2. The van der Waals surface area contributed by atoms with E-state index in [1.54, 1.807) is 0 Å². The Hall–Kier alpha value is -2.53. The van der Waals surface area contributed by atoms with Crippen LogP contribution < -0.4 is 16.4 Å². The number of nitro benzene ring substituents is 1. The highest BCUT2D eigenvalue weighted by Gasteiger charge is 2.22. The van der Waals surface area contributed by atoms with Gasteiger partial charge in [0.05, 0.1) is 22.6 Å². The van der Waals surface area contributed by atoms with Gasteiger partial charge in [0, 0.05) is 19.7 Å². The molecule has 25 heavy (non-hydrogen) atoms. The predicted molar refractivity (Wildman–Crippen MR) is 87.9 cm³/mol. The van der Waals surface area contributed by atoms with Gasteiger partial charge in [-0.1, -0.05) is 0 Å². The predicted octanol–water partition coefficient (Wildman–Crippen LogP) is -0.209. The summed E-state index contributed by atoms with van der Waals surface area (Å²) in [6.45, 7) is 0.463. The number of H-pyrrole nitrogens is 1. The summed E-state index contributed by atoms with van der Waals surface area (Å²) in [6, 6.07) is 2.19. The van der Waals surface area contributed by atoms with Crippen molar-refractivity contribution in [1.82, 2.24) is 9.55 Å². The molecule has 0 amide bonds. The number of hydrogen-bond donors (Lipinski definition) is 4. The van der Waals surface area contributed by atoms with Crippen LogP contribution in [0.5, 0.6) is 0 Å². The van der Waals surface area contributed by atoms with Gasteiger partial charge in [0.1, 0.15) is 12.0 Å². The highest BCUT2D eigenvalue weighted by molar-refractivity contribution is 7.50. The molecule has 4 N–H and O–H groups in total. The molecular formula is C12H15N4O8P. The Morgan fingerprint density at radius 1 is 1.40 bits per heavy atom. The van der Waals surface area contributed by atoms with Gasteiger partial charge in [0.15, 0.2) is 0 Å². The van der Waals surface area contributed by atoms with Crippen molar-refractivity contribution in [1.29, 1.82) is 0 Å². The van der Waals surface area contributed by atoms with Crippen molar-refractivity contribution in [3.63, 3.8) is 0 Å². The third-order valence-corrected chi connectivity index (χ3v) is 3.89. The van der Waals surface area contributed by atoms with Gasteiger partial charge in [-0.3, -0.25) is 28.8 Å². The molecule has 0 bridgehead atoms. The van der Waals surface area contributed by atoms with Gasteiger partial charge in [-0.25, -0.2) is 0 Å². The second-order valence-corrected chi connectivity index (χ2v) is 6.67. The molecule has 0 aliphatic heterocycles. The molecule has 1 heterocycles. The molecule has 13 heteroatoms. The van der Waals surface area contributed by atoms with E-state index in [0.717, 1.165) is 6.07 Å². The SMILES string of the molecule is COCCNc1cc2c(cc1[N+](=O)[O-])[nH]c(=O)c(=O)n2CP(=O)(O)O. The van der Waals surface area contributed by atoms with Crippen molar-refractivity contribution in [2.24, 2.45) is 0 Å². The summed E-state index contributed by atoms with van der Waals surface area (Å²) >= 11 is 0. The third-order valence-electron chi connectivity index (χ3n) is 3.24. The van der Waals surface area contributed by atoms with E-state index >= 15 is 0 Å². The average molecular weight is 374 g/mol. The minimum absolute atomic E-state index is 0.0143. The van der Waals surface area contributed by atoms with E-state index in [1.807, 2.05) is 0 Å². The van der Waals surface area contributed by atoms with E-state index in [1.165, 1.54) is 13.2 Å². The molecule has 1 aromatic heterocycles. The molecule has 0 aliphatic carbocycles. The molecule has 0 radical (unpaired) electrons. The van der Waals surface area contributed by atoms with Crippen LogP contribution in [0, 0.1) is 10.1 Å². The summed E-state index contributed by atoms with van der Waals surface area (Å²) in [5.74, 6) is 0. The second kappa shape index (κ2) is 7.15. The fourth-order valence-corrected chi connectivity index (χ4v) is 2.86. The van der Waals surface area contributed by atoms with E-state index in [0.29, 0.717) is 4.57 Å². The quantitative estimate of drug-likeness (QED) is 0.168. The molecule has 0 fully saturated rings. The maximum atomic E-state index is 12.0. The minimum Gasteiger partial charge on any atom is -0.383 e. The molecular weight excluding hydrogens is 359 g/mol. The van der Waals surface area contributed by atoms with Crippen molar-refractivity contribution >= 4 is 30.0 Å². The lowest BCUT2D eigenvalue weighted by Crippen LogP contribution is -2.36. The lowest BCUT2D eigenvalue weighted by atomic mass is 10.2. The van der Waals surface area contributed by atoms with Gasteiger partial charge in [-0.15, -0.1) is 0 Å². The third kappa shape index (κ3) is 4.31. The number of rotatable bonds is 7. The second-order valence-electron chi connectivity index (χ2n) is 5.06. The maximum Gasteiger partial charge on any atom is 0.345 e. The molecule has 2 aromatic rings. The lowest BCUT2D eigenvalue weighted by Gasteiger charge is -2.13. The molecule has 2 rings (SSSR count). The first-order valence-electron chi connectivity index (χ1n) is 6.86. The first kappa shape index (κ1) is 18.8. The zero-order chi connectivity index (χ0) is 18.8. The smallest absolute Gasteiger partial charge is 0.345 e. The van der Waals surface area contributed by atoms with Crippen LogP contribution in [0.1, 0.15) is 0 Å². The summed E-state index contributed by atoms with van der Waals surface area (Å²) in [4.78, 5) is 54.6. The van der Waals surface area contributed by atoms with Gasteiger partial charge < -0.3 is 24.8 Å². The van der Waals surface area contributed by atoms with Crippen molar-refractivity contribution in [2.45, 2.75) is 6.29 Å². The zero-order valence-electron chi connectivity index (χ0n) is 13.0. The highest BCUT2D eigenvalue weighted by Crippen LogP contribution is 2.37. The summed E-state index contributed by atoms with van der Waals surface area (Å²) in [5.41, 5.74) is -2.83. The molecule has 1 aromatic carbocycles. The normalized spacial score (nSPS) is 11.6. The zero-order valence-corrected chi connectivity index (χ0v) is 13.9. The van der Waals surface area contributed by atoms with Crippen molar-refractivity contribution in [2.75, 3.05) is 25.6 Å². The monoisotopic (exact) mass is 374 g/mol. The first-order valence-corrected chi connectivity index (χ1v) is 8.66. The van der Waals surface area contributed by atoms with E-state index in [-0.39, 0.29) is 35.6 Å². The van der Waals surface area contributed by atoms with Gasteiger partial charge in [-0.2, -0.15) is 0 Å². The van der Waals surface area contributed by atoms with Crippen LogP contribution >= 0.6 is 7.60 Å². The fraction of sp³-hybridized carbons (Fsp3) is 0.333. The highest BCUT2D eigenvalue weighted by atomic mass is 31.2. The summed E-state index contributed by atoms with van der Waals surface area (Å²) in [5, 5.41) is 14.0. The Bertz CT molecular complexity index is 975. The number of methoxy groups -OCH3 is 1. The molecule has 0 unspecified atom stereocenters. The van der Waals surface area contributed by atoms with E-state index in [4.69, 9.17) is 14.5 Å². The minimum atomic E-state index is -4.67. The van der Waals surface area contributed by atoms with Crippen LogP contribution in [0.25, 0.3) is 11.0 Å². The van der Waals surface area contributed by atoms with Gasteiger partial charge in [0.2, 0.25) is 0 Å². The van der Waals surface area contributed by atoms with Crippen molar-refractivity contribution < 1.29 is 24.0 Å². The number of hydrogen-bond acceptors (Lipinski definition) is 7. The topological polar surface area (TPSA) is 177 Å². The number of benzene rings is 1. The molecule has 12 nitrogen and oxygen atoms in total. The Balaban J connectivity index is 2.74. The van der Waals surface area contributed by atoms with Crippen LogP contribution in [0.4, 0.5) is 11.4 Å². The number of ether oxygens (including phenoxy) is 1.